The van der Waals surface area contributed by atoms with Crippen molar-refractivity contribution in [3.05, 3.63) is 58.6 Å². The van der Waals surface area contributed by atoms with Gasteiger partial charge in [-0.2, -0.15) is 0 Å². The van der Waals surface area contributed by atoms with Crippen LogP contribution in [0, 0.1) is 0 Å². The highest BCUT2D eigenvalue weighted by Crippen LogP contribution is 2.37. The zero-order chi connectivity index (χ0) is 23.3. The fraction of sp³-hybridized carbons (Fsp3) is 0.409. The lowest BCUT2D eigenvalue weighted by Gasteiger charge is -2.41. The molecule has 0 unspecified atom stereocenters. The molecule has 9 nitrogen and oxygen atoms in total. The minimum absolute atomic E-state index is 0.139. The molecule has 5 atom stereocenters. The van der Waals surface area contributed by atoms with E-state index in [-0.39, 0.29) is 28.7 Å². The summed E-state index contributed by atoms with van der Waals surface area (Å²) in [5, 5.41) is 32.6. The molecule has 1 heterocycles. The maximum atomic E-state index is 12.9. The summed E-state index contributed by atoms with van der Waals surface area (Å²) >= 11 is 6.36. The van der Waals surface area contributed by atoms with Gasteiger partial charge in [0, 0.05) is 12.7 Å². The average molecular weight is 468 g/mol. The van der Waals surface area contributed by atoms with E-state index in [1.165, 1.54) is 26.4 Å². The van der Waals surface area contributed by atoms with Crippen molar-refractivity contribution in [1.82, 2.24) is 5.32 Å². The van der Waals surface area contributed by atoms with Gasteiger partial charge >= 0.3 is 0 Å². The number of ether oxygens (including phenoxy) is 4. The summed E-state index contributed by atoms with van der Waals surface area (Å²) in [6.45, 7) is -0.260. The van der Waals surface area contributed by atoms with Crippen molar-refractivity contribution in [2.45, 2.75) is 37.3 Å². The fourth-order valence-corrected chi connectivity index (χ4v) is 3.66. The van der Waals surface area contributed by atoms with E-state index in [4.69, 9.17) is 30.5 Å². The monoisotopic (exact) mass is 467 g/mol. The van der Waals surface area contributed by atoms with Gasteiger partial charge in [0.1, 0.15) is 31.0 Å². The smallest absolute Gasteiger partial charge is 0.251 e. The first-order valence-corrected chi connectivity index (χ1v) is 10.3. The van der Waals surface area contributed by atoms with Crippen LogP contribution in [-0.4, -0.2) is 72.7 Å². The largest absolute Gasteiger partial charge is 0.493 e. The average Bonchev–Trinajstić information content (AvgIpc) is 2.81. The second-order valence-electron chi connectivity index (χ2n) is 7.21. The van der Waals surface area contributed by atoms with Gasteiger partial charge in [-0.15, -0.1) is 0 Å². The zero-order valence-electron chi connectivity index (χ0n) is 17.6. The van der Waals surface area contributed by atoms with E-state index in [2.05, 4.69) is 5.32 Å². The number of aliphatic hydroxyl groups excluding tert-OH is 3. The highest BCUT2D eigenvalue weighted by Gasteiger charge is 2.45. The van der Waals surface area contributed by atoms with Crippen LogP contribution in [0.5, 0.6) is 11.5 Å². The lowest BCUT2D eigenvalue weighted by Crippen LogP contribution is -2.64. The van der Waals surface area contributed by atoms with Crippen LogP contribution in [-0.2, 0) is 16.1 Å². The molecule has 10 heteroatoms. The van der Waals surface area contributed by atoms with E-state index >= 15 is 0 Å². The van der Waals surface area contributed by atoms with Gasteiger partial charge in [0.25, 0.3) is 5.91 Å². The van der Waals surface area contributed by atoms with Crippen molar-refractivity contribution < 1.29 is 39.1 Å². The summed E-state index contributed by atoms with van der Waals surface area (Å²) in [5.41, 5.74) is 1.07. The molecule has 1 fully saturated rings. The molecule has 1 saturated heterocycles. The van der Waals surface area contributed by atoms with Crippen LogP contribution in [0.2, 0.25) is 5.02 Å². The second-order valence-corrected chi connectivity index (χ2v) is 7.61. The first-order valence-electron chi connectivity index (χ1n) is 9.90. The number of aliphatic hydroxyl groups is 3. The van der Waals surface area contributed by atoms with Crippen molar-refractivity contribution in [3.8, 4) is 11.5 Å². The summed E-state index contributed by atoms with van der Waals surface area (Å²) in [6.07, 6.45) is -4.97. The lowest BCUT2D eigenvalue weighted by atomic mass is 9.96. The maximum Gasteiger partial charge on any atom is 0.251 e. The molecule has 0 aliphatic carbocycles. The molecule has 0 spiro atoms. The molecule has 0 aromatic heterocycles. The Kier molecular flexibility index (Phi) is 8.30. The first-order chi connectivity index (χ1) is 15.4. The van der Waals surface area contributed by atoms with Crippen molar-refractivity contribution in [3.63, 3.8) is 0 Å². The minimum atomic E-state index is -1.43. The molecule has 1 amide bonds. The van der Waals surface area contributed by atoms with Gasteiger partial charge in [-0.1, -0.05) is 41.9 Å². The van der Waals surface area contributed by atoms with Crippen molar-refractivity contribution >= 4 is 17.5 Å². The predicted molar refractivity (Wildman–Crippen MR) is 115 cm³/mol. The van der Waals surface area contributed by atoms with Crippen LogP contribution in [0.4, 0.5) is 0 Å². The van der Waals surface area contributed by atoms with E-state index in [0.717, 1.165) is 5.56 Å². The number of carbonyl (C=O) groups is 1. The second kappa shape index (κ2) is 11.0. The van der Waals surface area contributed by atoms with Crippen LogP contribution in [0.1, 0.15) is 15.9 Å². The van der Waals surface area contributed by atoms with Crippen molar-refractivity contribution in [2.75, 3.05) is 20.8 Å². The van der Waals surface area contributed by atoms with Gasteiger partial charge in [0.05, 0.1) is 18.7 Å². The van der Waals surface area contributed by atoms with Gasteiger partial charge in [-0.3, -0.25) is 4.79 Å². The molecule has 32 heavy (non-hydrogen) atoms. The minimum Gasteiger partial charge on any atom is -0.493 e. The topological polar surface area (TPSA) is 127 Å². The normalized spacial score (nSPS) is 25.2. The Labute approximate surface area is 190 Å². The van der Waals surface area contributed by atoms with Gasteiger partial charge in [0.15, 0.2) is 17.8 Å². The van der Waals surface area contributed by atoms with E-state index in [9.17, 15) is 20.1 Å². The molecular weight excluding hydrogens is 442 g/mol. The Balaban J connectivity index is 1.77. The number of hydrogen-bond acceptors (Lipinski definition) is 8. The first kappa shape index (κ1) is 24.2. The predicted octanol–water partition coefficient (Wildman–Crippen LogP) is 1.11. The summed E-state index contributed by atoms with van der Waals surface area (Å²) < 4.78 is 21.7. The zero-order valence-corrected chi connectivity index (χ0v) is 18.4. The Hall–Kier alpha value is -2.40. The Morgan fingerprint density at radius 3 is 2.50 bits per heavy atom. The number of benzene rings is 2. The standard InChI is InChI=1S/C22H26ClNO8/c1-29-15-9-13(8-14(23)20(15)31-11-12-6-4-3-5-7-12)21(28)24-17-19(27)18(26)16(10-25)32-22(17)30-2/h3-9,16-19,22,25-27H,10-11H2,1-2H3,(H,24,28)/t16-,17-,18-,19-,22+/m1/s1. The van der Waals surface area contributed by atoms with E-state index in [0.29, 0.717) is 0 Å². The van der Waals surface area contributed by atoms with Gasteiger partial charge < -0.3 is 39.6 Å². The molecule has 0 saturated carbocycles. The Morgan fingerprint density at radius 1 is 1.16 bits per heavy atom. The van der Waals surface area contributed by atoms with Gasteiger partial charge in [0.2, 0.25) is 0 Å². The molecular formula is C22H26ClNO8. The van der Waals surface area contributed by atoms with Crippen LogP contribution in [0.25, 0.3) is 0 Å². The molecule has 2 aromatic carbocycles. The number of halogens is 1. The van der Waals surface area contributed by atoms with Gasteiger partial charge in [-0.25, -0.2) is 0 Å². The van der Waals surface area contributed by atoms with Crippen LogP contribution in [0.3, 0.4) is 0 Å². The highest BCUT2D eigenvalue weighted by molar-refractivity contribution is 6.32. The van der Waals surface area contributed by atoms with Crippen LogP contribution >= 0.6 is 11.6 Å². The van der Waals surface area contributed by atoms with E-state index < -0.39 is 43.2 Å². The number of amides is 1. The summed E-state index contributed by atoms with van der Waals surface area (Å²) in [5.74, 6) is -0.0709. The maximum absolute atomic E-state index is 12.9. The van der Waals surface area contributed by atoms with Crippen molar-refractivity contribution in [2.24, 2.45) is 0 Å². The molecule has 1 aliphatic rings. The Morgan fingerprint density at radius 2 is 1.88 bits per heavy atom. The fourth-order valence-electron chi connectivity index (χ4n) is 3.39. The number of hydrogen-bond donors (Lipinski definition) is 4. The molecule has 0 radical (unpaired) electrons. The quantitative estimate of drug-likeness (QED) is 0.455. The third kappa shape index (κ3) is 5.32. The van der Waals surface area contributed by atoms with Crippen LogP contribution in [0.15, 0.2) is 42.5 Å². The summed E-state index contributed by atoms with van der Waals surface area (Å²) in [6, 6.07) is 11.3. The third-order valence-electron chi connectivity index (χ3n) is 5.13. The Bertz CT molecular complexity index is 910. The third-order valence-corrected chi connectivity index (χ3v) is 5.41. The van der Waals surface area contributed by atoms with E-state index in [1.807, 2.05) is 30.3 Å². The molecule has 1 aliphatic heterocycles. The number of methoxy groups -OCH3 is 2. The lowest BCUT2D eigenvalue weighted by molar-refractivity contribution is -0.261. The molecule has 174 valence electrons. The molecule has 4 N–H and O–H groups in total. The summed E-state index contributed by atoms with van der Waals surface area (Å²) in [4.78, 5) is 12.9. The van der Waals surface area contributed by atoms with Gasteiger partial charge in [-0.05, 0) is 17.7 Å². The highest BCUT2D eigenvalue weighted by atomic mass is 35.5. The number of carbonyl (C=O) groups excluding carboxylic acids is 1. The molecule has 2 aromatic rings. The SMILES string of the molecule is COc1cc(C(=O)N[C@H]2[C@@H](OC)O[C@H](CO)[C@@H](O)[C@@H]2O)cc(Cl)c1OCc1ccccc1. The van der Waals surface area contributed by atoms with Crippen molar-refractivity contribution in [1.29, 1.82) is 0 Å². The number of nitrogens with one attached hydrogen (secondary N) is 1. The van der Waals surface area contributed by atoms with Crippen LogP contribution < -0.4 is 14.8 Å². The van der Waals surface area contributed by atoms with E-state index in [1.54, 1.807) is 0 Å². The molecule has 0 bridgehead atoms. The molecule has 3 rings (SSSR count). The summed E-state index contributed by atoms with van der Waals surface area (Å²) in [7, 11) is 2.75. The number of rotatable bonds is 8.